The van der Waals surface area contributed by atoms with Crippen LogP contribution in [0.5, 0.6) is 0 Å². The topological polar surface area (TPSA) is 41.6 Å². The summed E-state index contributed by atoms with van der Waals surface area (Å²) in [5.41, 5.74) is 1.97. The SMILES string of the molecule is CC(C)(C)CC(=O)Nc1ccccc1N1CCOCC1. The van der Waals surface area contributed by atoms with Gasteiger partial charge in [0.1, 0.15) is 0 Å². The maximum atomic E-state index is 12.1. The molecule has 0 unspecified atom stereocenters. The van der Waals surface area contributed by atoms with Gasteiger partial charge < -0.3 is 15.0 Å². The van der Waals surface area contributed by atoms with Gasteiger partial charge in [0.05, 0.1) is 24.6 Å². The van der Waals surface area contributed by atoms with Gasteiger partial charge in [-0.25, -0.2) is 0 Å². The van der Waals surface area contributed by atoms with E-state index in [-0.39, 0.29) is 11.3 Å². The summed E-state index contributed by atoms with van der Waals surface area (Å²) in [5.74, 6) is 0.0678. The number of anilines is 2. The lowest BCUT2D eigenvalue weighted by molar-refractivity contribution is -0.117. The summed E-state index contributed by atoms with van der Waals surface area (Å²) in [6.45, 7) is 9.42. The molecule has 0 radical (unpaired) electrons. The molecule has 1 amide bonds. The number of ether oxygens (including phenoxy) is 1. The molecule has 1 aromatic rings. The lowest BCUT2D eigenvalue weighted by Gasteiger charge is -2.30. The van der Waals surface area contributed by atoms with Gasteiger partial charge in [0.15, 0.2) is 0 Å². The van der Waals surface area contributed by atoms with Gasteiger partial charge in [-0.15, -0.1) is 0 Å². The van der Waals surface area contributed by atoms with Gasteiger partial charge in [-0.3, -0.25) is 4.79 Å². The van der Waals surface area contributed by atoms with E-state index in [1.165, 1.54) is 0 Å². The Morgan fingerprint density at radius 3 is 2.55 bits per heavy atom. The number of carbonyl (C=O) groups excluding carboxylic acids is 1. The Hall–Kier alpha value is -1.55. The fourth-order valence-electron chi connectivity index (χ4n) is 2.34. The number of nitrogens with zero attached hydrogens (tertiary/aromatic N) is 1. The summed E-state index contributed by atoms with van der Waals surface area (Å²) in [6, 6.07) is 7.98. The molecule has 0 aromatic heterocycles. The summed E-state index contributed by atoms with van der Waals surface area (Å²) in [7, 11) is 0. The predicted molar refractivity (Wildman–Crippen MR) is 82.2 cm³/mol. The van der Waals surface area contributed by atoms with Gasteiger partial charge in [-0.05, 0) is 17.5 Å². The van der Waals surface area contributed by atoms with E-state index in [0.29, 0.717) is 6.42 Å². The van der Waals surface area contributed by atoms with E-state index in [4.69, 9.17) is 4.74 Å². The van der Waals surface area contributed by atoms with Crippen molar-refractivity contribution in [2.45, 2.75) is 27.2 Å². The first-order chi connectivity index (χ1) is 9.46. The van der Waals surface area contributed by atoms with Crippen molar-refractivity contribution in [1.29, 1.82) is 0 Å². The Balaban J connectivity index is 2.09. The van der Waals surface area contributed by atoms with Crippen LogP contribution in [0.4, 0.5) is 11.4 Å². The molecule has 2 rings (SSSR count). The quantitative estimate of drug-likeness (QED) is 0.923. The number of hydrogen-bond donors (Lipinski definition) is 1. The Morgan fingerprint density at radius 1 is 1.25 bits per heavy atom. The summed E-state index contributed by atoms with van der Waals surface area (Å²) >= 11 is 0. The number of benzene rings is 1. The summed E-state index contributed by atoms with van der Waals surface area (Å²) in [6.07, 6.45) is 0.518. The Morgan fingerprint density at radius 2 is 1.90 bits per heavy atom. The minimum absolute atomic E-state index is 0.00199. The van der Waals surface area contributed by atoms with E-state index >= 15 is 0 Å². The zero-order valence-electron chi connectivity index (χ0n) is 12.6. The van der Waals surface area contributed by atoms with Crippen LogP contribution in [0.15, 0.2) is 24.3 Å². The molecule has 1 aliphatic heterocycles. The molecule has 0 bridgehead atoms. The maximum absolute atomic E-state index is 12.1. The molecular weight excluding hydrogens is 252 g/mol. The summed E-state index contributed by atoms with van der Waals surface area (Å²) in [5, 5.41) is 3.04. The second kappa shape index (κ2) is 6.27. The zero-order valence-corrected chi connectivity index (χ0v) is 12.6. The molecule has 110 valence electrons. The zero-order chi connectivity index (χ0) is 14.6. The molecule has 1 aliphatic rings. The molecule has 0 atom stereocenters. The van der Waals surface area contributed by atoms with Crippen molar-refractivity contribution in [3.8, 4) is 0 Å². The van der Waals surface area contributed by atoms with Crippen LogP contribution in [0.3, 0.4) is 0 Å². The molecule has 4 nitrogen and oxygen atoms in total. The standard InChI is InChI=1S/C16H24N2O2/c1-16(2,3)12-15(19)17-13-6-4-5-7-14(13)18-8-10-20-11-9-18/h4-7H,8-12H2,1-3H3,(H,17,19). The smallest absolute Gasteiger partial charge is 0.224 e. The Bertz CT molecular complexity index is 460. The summed E-state index contributed by atoms with van der Waals surface area (Å²) < 4.78 is 5.38. The van der Waals surface area contributed by atoms with Crippen molar-refractivity contribution in [1.82, 2.24) is 0 Å². The highest BCUT2D eigenvalue weighted by atomic mass is 16.5. The van der Waals surface area contributed by atoms with E-state index in [2.05, 4.69) is 37.1 Å². The number of para-hydroxylation sites is 2. The average Bonchev–Trinajstić information content (AvgIpc) is 2.38. The predicted octanol–water partition coefficient (Wildman–Crippen LogP) is 2.90. The van der Waals surface area contributed by atoms with E-state index in [9.17, 15) is 4.79 Å². The summed E-state index contributed by atoms with van der Waals surface area (Å²) in [4.78, 5) is 14.4. The highest BCUT2D eigenvalue weighted by Gasteiger charge is 2.19. The van der Waals surface area contributed by atoms with Crippen molar-refractivity contribution >= 4 is 17.3 Å². The lowest BCUT2D eigenvalue weighted by Crippen LogP contribution is -2.36. The van der Waals surface area contributed by atoms with E-state index in [0.717, 1.165) is 37.7 Å². The fourth-order valence-corrected chi connectivity index (χ4v) is 2.34. The van der Waals surface area contributed by atoms with Gasteiger partial charge in [-0.2, -0.15) is 0 Å². The lowest BCUT2D eigenvalue weighted by atomic mass is 9.92. The van der Waals surface area contributed by atoms with Gasteiger partial charge >= 0.3 is 0 Å². The van der Waals surface area contributed by atoms with Gasteiger partial charge in [0.2, 0.25) is 5.91 Å². The highest BCUT2D eigenvalue weighted by molar-refractivity contribution is 5.94. The number of hydrogen-bond acceptors (Lipinski definition) is 3. The van der Waals surface area contributed by atoms with Crippen LogP contribution in [0.2, 0.25) is 0 Å². The molecule has 20 heavy (non-hydrogen) atoms. The molecule has 0 spiro atoms. The molecular formula is C16H24N2O2. The number of carbonyl (C=O) groups is 1. The monoisotopic (exact) mass is 276 g/mol. The van der Waals surface area contributed by atoms with Crippen LogP contribution in [0.25, 0.3) is 0 Å². The first-order valence-corrected chi connectivity index (χ1v) is 7.17. The third-order valence-corrected chi connectivity index (χ3v) is 3.22. The van der Waals surface area contributed by atoms with Crippen molar-refractivity contribution in [2.75, 3.05) is 36.5 Å². The van der Waals surface area contributed by atoms with Gasteiger partial charge in [-0.1, -0.05) is 32.9 Å². The second-order valence-corrected chi connectivity index (χ2v) is 6.40. The van der Waals surface area contributed by atoms with Gasteiger partial charge in [0.25, 0.3) is 0 Å². The normalized spacial score (nSPS) is 16.1. The minimum Gasteiger partial charge on any atom is -0.378 e. The van der Waals surface area contributed by atoms with Crippen LogP contribution in [-0.4, -0.2) is 32.2 Å². The van der Waals surface area contributed by atoms with Crippen molar-refractivity contribution in [3.05, 3.63) is 24.3 Å². The molecule has 1 saturated heterocycles. The van der Waals surface area contributed by atoms with Crippen molar-refractivity contribution in [2.24, 2.45) is 5.41 Å². The number of rotatable bonds is 3. The van der Waals surface area contributed by atoms with E-state index in [1.807, 2.05) is 18.2 Å². The molecule has 1 aromatic carbocycles. The third-order valence-electron chi connectivity index (χ3n) is 3.22. The fraction of sp³-hybridized carbons (Fsp3) is 0.562. The maximum Gasteiger partial charge on any atom is 0.224 e. The Kier molecular flexibility index (Phi) is 4.65. The van der Waals surface area contributed by atoms with Gasteiger partial charge in [0, 0.05) is 19.5 Å². The molecule has 4 heteroatoms. The van der Waals surface area contributed by atoms with Crippen LogP contribution in [-0.2, 0) is 9.53 Å². The number of morpholine rings is 1. The number of amides is 1. The number of nitrogens with one attached hydrogen (secondary N) is 1. The van der Waals surface area contributed by atoms with Crippen LogP contribution in [0.1, 0.15) is 27.2 Å². The highest BCUT2D eigenvalue weighted by Crippen LogP contribution is 2.27. The molecule has 1 fully saturated rings. The largest absolute Gasteiger partial charge is 0.378 e. The molecule has 1 heterocycles. The van der Waals surface area contributed by atoms with Crippen molar-refractivity contribution < 1.29 is 9.53 Å². The van der Waals surface area contributed by atoms with Crippen LogP contribution < -0.4 is 10.2 Å². The third kappa shape index (κ3) is 4.23. The molecule has 0 saturated carbocycles. The van der Waals surface area contributed by atoms with E-state index < -0.39 is 0 Å². The molecule has 0 aliphatic carbocycles. The first kappa shape index (κ1) is 14.9. The van der Waals surface area contributed by atoms with Crippen LogP contribution >= 0.6 is 0 Å². The second-order valence-electron chi connectivity index (χ2n) is 6.40. The minimum atomic E-state index is -0.00199. The van der Waals surface area contributed by atoms with E-state index in [1.54, 1.807) is 0 Å². The average molecular weight is 276 g/mol. The van der Waals surface area contributed by atoms with Crippen molar-refractivity contribution in [3.63, 3.8) is 0 Å². The molecule has 1 N–H and O–H groups in total. The Labute approximate surface area is 121 Å². The van der Waals surface area contributed by atoms with Crippen LogP contribution in [0, 0.1) is 5.41 Å². The first-order valence-electron chi connectivity index (χ1n) is 7.17.